The van der Waals surface area contributed by atoms with Crippen LogP contribution in [-0.2, 0) is 0 Å². The molecule has 1 saturated carbocycles. The van der Waals surface area contributed by atoms with Crippen molar-refractivity contribution in [3.8, 4) is 5.75 Å². The second-order valence-corrected chi connectivity index (χ2v) is 3.55. The molecule has 1 fully saturated rings. The minimum Gasteiger partial charge on any atom is -0.489 e. The Bertz CT molecular complexity index is 336. The monoisotopic (exact) mass is 208 g/mol. The van der Waals surface area contributed by atoms with Gasteiger partial charge in [0.2, 0.25) is 0 Å². The zero-order valence-electron chi connectivity index (χ0n) is 8.09. The van der Waals surface area contributed by atoms with Crippen LogP contribution in [0.2, 0.25) is 0 Å². The van der Waals surface area contributed by atoms with Crippen molar-refractivity contribution in [3.05, 3.63) is 24.5 Å². The predicted molar refractivity (Wildman–Crippen MR) is 52.8 cm³/mol. The molecule has 1 aromatic heterocycles. The lowest BCUT2D eigenvalue weighted by Gasteiger charge is -2.34. The smallest absolute Gasteiger partial charge is 0.404 e. The first-order chi connectivity index (χ1) is 7.24. The summed E-state index contributed by atoms with van der Waals surface area (Å²) in [7, 11) is 0. The van der Waals surface area contributed by atoms with Gasteiger partial charge in [0.25, 0.3) is 0 Å². The van der Waals surface area contributed by atoms with Gasteiger partial charge in [-0.2, -0.15) is 0 Å². The van der Waals surface area contributed by atoms with Crippen LogP contribution < -0.4 is 10.1 Å². The van der Waals surface area contributed by atoms with Crippen molar-refractivity contribution in [1.29, 1.82) is 0 Å². The molecule has 1 heterocycles. The highest BCUT2D eigenvalue weighted by Crippen LogP contribution is 2.25. The summed E-state index contributed by atoms with van der Waals surface area (Å²) in [5.74, 6) is 0.733. The predicted octanol–water partition coefficient (Wildman–Crippen LogP) is 1.26. The van der Waals surface area contributed by atoms with E-state index in [1.807, 2.05) is 6.07 Å². The van der Waals surface area contributed by atoms with E-state index in [2.05, 4.69) is 10.3 Å². The number of carbonyl (C=O) groups is 1. The number of pyridine rings is 1. The highest BCUT2D eigenvalue weighted by atomic mass is 16.5. The van der Waals surface area contributed by atoms with E-state index < -0.39 is 6.09 Å². The lowest BCUT2D eigenvalue weighted by molar-refractivity contribution is 0.0830. The number of carboxylic acid groups (broad SMARTS) is 1. The van der Waals surface area contributed by atoms with Gasteiger partial charge in [-0.3, -0.25) is 4.98 Å². The molecule has 2 N–H and O–H groups in total. The maximum absolute atomic E-state index is 10.3. The van der Waals surface area contributed by atoms with Crippen LogP contribution in [0.1, 0.15) is 12.8 Å². The fourth-order valence-electron chi connectivity index (χ4n) is 1.56. The molecule has 0 saturated heterocycles. The summed E-state index contributed by atoms with van der Waals surface area (Å²) in [4.78, 5) is 14.2. The Morgan fingerprint density at radius 1 is 1.60 bits per heavy atom. The molecule has 5 nitrogen and oxygen atoms in total. The van der Waals surface area contributed by atoms with E-state index in [4.69, 9.17) is 9.84 Å². The first-order valence-corrected chi connectivity index (χ1v) is 4.80. The molecule has 0 bridgehead atoms. The lowest BCUT2D eigenvalue weighted by atomic mass is 9.89. The molecular formula is C10H12N2O3. The van der Waals surface area contributed by atoms with Gasteiger partial charge in [-0.1, -0.05) is 0 Å². The Balaban J connectivity index is 1.74. The minimum atomic E-state index is -0.972. The number of nitrogens with zero attached hydrogens (tertiary/aromatic N) is 1. The Morgan fingerprint density at radius 2 is 2.40 bits per heavy atom. The Morgan fingerprint density at radius 3 is 3.00 bits per heavy atom. The van der Waals surface area contributed by atoms with Gasteiger partial charge in [-0.25, -0.2) is 4.79 Å². The molecule has 1 amide bonds. The molecule has 80 valence electrons. The summed E-state index contributed by atoms with van der Waals surface area (Å²) in [5.41, 5.74) is 0. The van der Waals surface area contributed by atoms with Crippen LogP contribution in [0.25, 0.3) is 0 Å². The fourth-order valence-corrected chi connectivity index (χ4v) is 1.56. The second kappa shape index (κ2) is 4.16. The fraction of sp³-hybridized carbons (Fsp3) is 0.400. The van der Waals surface area contributed by atoms with Crippen molar-refractivity contribution < 1.29 is 14.6 Å². The van der Waals surface area contributed by atoms with E-state index in [-0.39, 0.29) is 12.1 Å². The van der Waals surface area contributed by atoms with E-state index in [1.54, 1.807) is 18.5 Å². The van der Waals surface area contributed by atoms with Gasteiger partial charge in [0.1, 0.15) is 11.9 Å². The summed E-state index contributed by atoms with van der Waals surface area (Å²) >= 11 is 0. The van der Waals surface area contributed by atoms with Crippen molar-refractivity contribution >= 4 is 6.09 Å². The molecule has 1 aliphatic rings. The molecule has 15 heavy (non-hydrogen) atoms. The quantitative estimate of drug-likeness (QED) is 0.784. The number of hydrogen-bond acceptors (Lipinski definition) is 3. The molecule has 0 atom stereocenters. The highest BCUT2D eigenvalue weighted by molar-refractivity contribution is 5.65. The van der Waals surface area contributed by atoms with Gasteiger partial charge in [0.15, 0.2) is 0 Å². The van der Waals surface area contributed by atoms with E-state index >= 15 is 0 Å². The number of rotatable bonds is 3. The van der Waals surface area contributed by atoms with Gasteiger partial charge in [-0.05, 0) is 12.1 Å². The highest BCUT2D eigenvalue weighted by Gasteiger charge is 2.31. The number of ether oxygens (including phenoxy) is 1. The summed E-state index contributed by atoms with van der Waals surface area (Å²) < 4.78 is 5.57. The van der Waals surface area contributed by atoms with Crippen molar-refractivity contribution in [1.82, 2.24) is 10.3 Å². The maximum atomic E-state index is 10.3. The summed E-state index contributed by atoms with van der Waals surface area (Å²) in [5, 5.41) is 10.9. The zero-order chi connectivity index (χ0) is 10.7. The van der Waals surface area contributed by atoms with Crippen molar-refractivity contribution in [2.24, 2.45) is 0 Å². The molecule has 1 aromatic rings. The van der Waals surface area contributed by atoms with E-state index in [0.717, 1.165) is 18.6 Å². The van der Waals surface area contributed by atoms with Gasteiger partial charge >= 0.3 is 6.09 Å². The van der Waals surface area contributed by atoms with Gasteiger partial charge in [0.05, 0.1) is 6.20 Å². The topological polar surface area (TPSA) is 71.5 Å². The largest absolute Gasteiger partial charge is 0.489 e. The van der Waals surface area contributed by atoms with Crippen LogP contribution >= 0.6 is 0 Å². The Labute approximate surface area is 87.1 Å². The van der Waals surface area contributed by atoms with Crippen LogP contribution in [0.5, 0.6) is 5.75 Å². The molecule has 0 aromatic carbocycles. The number of aromatic nitrogens is 1. The third kappa shape index (κ3) is 2.59. The summed E-state index contributed by atoms with van der Waals surface area (Å²) in [6.45, 7) is 0. The van der Waals surface area contributed by atoms with Crippen molar-refractivity contribution in [3.63, 3.8) is 0 Å². The molecule has 2 rings (SSSR count). The van der Waals surface area contributed by atoms with Crippen LogP contribution in [0, 0.1) is 0 Å². The zero-order valence-corrected chi connectivity index (χ0v) is 8.09. The van der Waals surface area contributed by atoms with Crippen LogP contribution in [-0.4, -0.2) is 28.3 Å². The van der Waals surface area contributed by atoms with E-state index in [1.165, 1.54) is 0 Å². The molecule has 1 aliphatic carbocycles. The van der Waals surface area contributed by atoms with Gasteiger partial charge in [-0.15, -0.1) is 0 Å². The number of nitrogens with one attached hydrogen (secondary N) is 1. The van der Waals surface area contributed by atoms with Gasteiger partial charge < -0.3 is 15.2 Å². The Hall–Kier alpha value is -1.78. The molecule has 0 spiro atoms. The standard InChI is InChI=1S/C10H12N2O3/c13-10(14)12-7-4-9(5-7)15-8-2-1-3-11-6-8/h1-3,6-7,9,12H,4-5H2,(H,13,14)/t7-,9-. The molecular weight excluding hydrogens is 196 g/mol. The number of hydrogen-bond donors (Lipinski definition) is 2. The molecule has 0 radical (unpaired) electrons. The Kier molecular flexibility index (Phi) is 2.71. The number of amides is 1. The third-order valence-electron chi connectivity index (χ3n) is 2.36. The van der Waals surface area contributed by atoms with E-state index in [0.29, 0.717) is 0 Å². The lowest BCUT2D eigenvalue weighted by Crippen LogP contribution is -2.48. The minimum absolute atomic E-state index is 0.0316. The van der Waals surface area contributed by atoms with E-state index in [9.17, 15) is 4.79 Å². The summed E-state index contributed by atoms with van der Waals surface area (Å²) in [6, 6.07) is 3.68. The SMILES string of the molecule is O=C(O)N[C@H]1C[C@H](Oc2cccnc2)C1. The normalized spacial score (nSPS) is 24.0. The average Bonchev–Trinajstić information content (AvgIpc) is 2.15. The second-order valence-electron chi connectivity index (χ2n) is 3.55. The van der Waals surface area contributed by atoms with Crippen LogP contribution in [0.3, 0.4) is 0 Å². The average molecular weight is 208 g/mol. The molecule has 5 heteroatoms. The molecule has 0 unspecified atom stereocenters. The maximum Gasteiger partial charge on any atom is 0.404 e. The first kappa shape index (κ1) is 9.76. The van der Waals surface area contributed by atoms with Crippen molar-refractivity contribution in [2.75, 3.05) is 0 Å². The van der Waals surface area contributed by atoms with Gasteiger partial charge in [0, 0.05) is 25.1 Å². The summed E-state index contributed by atoms with van der Waals surface area (Å²) in [6.07, 6.45) is 3.91. The first-order valence-electron chi connectivity index (χ1n) is 4.80. The van der Waals surface area contributed by atoms with Crippen LogP contribution in [0.4, 0.5) is 4.79 Å². The third-order valence-corrected chi connectivity index (χ3v) is 2.36. The molecule has 0 aliphatic heterocycles. The van der Waals surface area contributed by atoms with Crippen molar-refractivity contribution in [2.45, 2.75) is 25.0 Å². The van der Waals surface area contributed by atoms with Crippen LogP contribution in [0.15, 0.2) is 24.5 Å².